The summed E-state index contributed by atoms with van der Waals surface area (Å²) in [6, 6.07) is 11.0. The predicted octanol–water partition coefficient (Wildman–Crippen LogP) is 2.75. The average molecular weight is 337 g/mol. The molecule has 3 N–H and O–H groups in total. The van der Waals surface area contributed by atoms with Crippen molar-refractivity contribution in [2.45, 2.75) is 18.9 Å². The third-order valence-electron chi connectivity index (χ3n) is 3.10. The van der Waals surface area contributed by atoms with E-state index < -0.39 is 0 Å². The number of carbonyl (C=O) groups is 1. The maximum absolute atomic E-state index is 12.1. The van der Waals surface area contributed by atoms with Crippen LogP contribution in [0.1, 0.15) is 22.3 Å². The molecule has 1 aromatic carbocycles. The Kier molecular flexibility index (Phi) is 5.41. The molecule has 7 heteroatoms. The first-order valence-electron chi connectivity index (χ1n) is 7.04. The lowest BCUT2D eigenvalue weighted by molar-refractivity contribution is -0.113. The molecule has 0 spiro atoms. The molecule has 120 valence electrons. The first-order chi connectivity index (χ1) is 11.4. The molecule has 0 radical (unpaired) electrons. The number of hydrogen-bond acceptors (Lipinski definition) is 6. The fourth-order valence-electron chi connectivity index (χ4n) is 2.17. The summed E-state index contributed by atoms with van der Waals surface area (Å²) in [5, 5.41) is 21.2. The van der Waals surface area contributed by atoms with E-state index in [2.05, 4.69) is 10.3 Å². The van der Waals surface area contributed by atoms with Gasteiger partial charge < -0.3 is 11.1 Å². The molecule has 6 nitrogen and oxygen atoms in total. The Hall–Kier alpha value is -3.03. The van der Waals surface area contributed by atoms with Crippen molar-refractivity contribution in [1.29, 1.82) is 10.5 Å². The fourth-order valence-corrected chi connectivity index (χ4v) is 2.93. The Labute approximate surface area is 144 Å². The molecule has 0 aliphatic carbocycles. The number of aromatic nitrogens is 1. The highest BCUT2D eigenvalue weighted by Gasteiger charge is 2.12. The molecule has 2 aromatic rings. The Morgan fingerprint density at radius 3 is 2.38 bits per heavy atom. The van der Waals surface area contributed by atoms with Crippen LogP contribution in [0, 0.1) is 36.5 Å². The largest absolute Gasteiger partial charge is 0.383 e. The molecule has 2 rings (SSSR count). The topological polar surface area (TPSA) is 116 Å². The van der Waals surface area contributed by atoms with Gasteiger partial charge in [-0.3, -0.25) is 4.79 Å². The lowest BCUT2D eigenvalue weighted by Gasteiger charge is -2.08. The van der Waals surface area contributed by atoms with Gasteiger partial charge in [0.05, 0.1) is 16.9 Å². The number of amides is 1. The Balaban J connectivity index is 2.08. The van der Waals surface area contributed by atoms with E-state index in [1.54, 1.807) is 0 Å². The minimum atomic E-state index is -0.210. The highest BCUT2D eigenvalue weighted by molar-refractivity contribution is 8.00. The summed E-state index contributed by atoms with van der Waals surface area (Å²) in [6.07, 6.45) is 0. The monoisotopic (exact) mass is 337 g/mol. The van der Waals surface area contributed by atoms with Crippen molar-refractivity contribution in [3.63, 3.8) is 0 Å². The maximum Gasteiger partial charge on any atom is 0.234 e. The van der Waals surface area contributed by atoms with Crippen LogP contribution in [-0.2, 0) is 4.79 Å². The lowest BCUT2D eigenvalue weighted by Crippen LogP contribution is -2.14. The van der Waals surface area contributed by atoms with E-state index >= 15 is 0 Å². The second-order valence-corrected chi connectivity index (χ2v) is 6.17. The Morgan fingerprint density at radius 1 is 1.17 bits per heavy atom. The second-order valence-electron chi connectivity index (χ2n) is 5.21. The van der Waals surface area contributed by atoms with Crippen molar-refractivity contribution in [2.75, 3.05) is 16.8 Å². The van der Waals surface area contributed by atoms with Crippen molar-refractivity contribution in [1.82, 2.24) is 4.98 Å². The Morgan fingerprint density at radius 2 is 1.79 bits per heavy atom. The molecular weight excluding hydrogens is 322 g/mol. The summed E-state index contributed by atoms with van der Waals surface area (Å²) in [5.74, 6) is -0.0765. The standard InChI is InChI=1S/C17H15N5OS/c1-10-3-11(2)5-14(4-10)21-15(23)9-24-17-13(8-19)6-12(7-18)16(20)22-17/h3-6H,9H2,1-2H3,(H2,20,22)(H,21,23). The minimum absolute atomic E-state index is 0.0497. The quantitative estimate of drug-likeness (QED) is 0.829. The molecular formula is C17H15N5OS. The van der Waals surface area contributed by atoms with Gasteiger partial charge in [-0.1, -0.05) is 17.8 Å². The van der Waals surface area contributed by atoms with Gasteiger partial charge in [0.1, 0.15) is 23.0 Å². The van der Waals surface area contributed by atoms with E-state index in [4.69, 9.17) is 16.3 Å². The molecule has 0 bridgehead atoms. The maximum atomic E-state index is 12.1. The zero-order valence-corrected chi connectivity index (χ0v) is 14.1. The third kappa shape index (κ3) is 4.25. The summed E-state index contributed by atoms with van der Waals surface area (Å²) in [5.41, 5.74) is 8.89. The number of benzene rings is 1. The van der Waals surface area contributed by atoms with Crippen LogP contribution in [0.3, 0.4) is 0 Å². The zero-order chi connectivity index (χ0) is 17.7. The van der Waals surface area contributed by atoms with E-state index in [0.717, 1.165) is 28.6 Å². The number of carbonyl (C=O) groups excluding carboxylic acids is 1. The van der Waals surface area contributed by atoms with E-state index in [-0.39, 0.29) is 28.6 Å². The van der Waals surface area contributed by atoms with Crippen LogP contribution in [0.2, 0.25) is 0 Å². The number of nitrogen functional groups attached to an aromatic ring is 1. The van der Waals surface area contributed by atoms with Crippen LogP contribution in [0.15, 0.2) is 29.3 Å². The van der Waals surface area contributed by atoms with Crippen molar-refractivity contribution >= 4 is 29.2 Å². The predicted molar refractivity (Wildman–Crippen MR) is 93.3 cm³/mol. The molecule has 0 unspecified atom stereocenters. The van der Waals surface area contributed by atoms with E-state index in [1.807, 2.05) is 44.2 Å². The molecule has 0 saturated heterocycles. The van der Waals surface area contributed by atoms with Gasteiger partial charge >= 0.3 is 0 Å². The number of nitrogens with two attached hydrogens (primary N) is 1. The molecule has 0 atom stereocenters. The molecule has 1 aromatic heterocycles. The number of nitrogens with zero attached hydrogens (tertiary/aromatic N) is 3. The number of anilines is 2. The van der Waals surface area contributed by atoms with E-state index in [9.17, 15) is 4.79 Å². The summed E-state index contributed by atoms with van der Waals surface area (Å²) >= 11 is 1.11. The number of aryl methyl sites for hydroxylation is 2. The van der Waals surface area contributed by atoms with E-state index in [1.165, 1.54) is 6.07 Å². The van der Waals surface area contributed by atoms with Crippen LogP contribution >= 0.6 is 11.8 Å². The fraction of sp³-hybridized carbons (Fsp3) is 0.176. The smallest absolute Gasteiger partial charge is 0.234 e. The number of nitrogens with one attached hydrogen (secondary N) is 1. The van der Waals surface area contributed by atoms with Crippen molar-refractivity contribution in [3.05, 3.63) is 46.5 Å². The molecule has 0 fully saturated rings. The minimum Gasteiger partial charge on any atom is -0.383 e. The number of nitriles is 2. The summed E-state index contributed by atoms with van der Waals surface area (Å²) in [6.45, 7) is 3.92. The van der Waals surface area contributed by atoms with Crippen LogP contribution in [0.5, 0.6) is 0 Å². The van der Waals surface area contributed by atoms with Gasteiger partial charge in [0, 0.05) is 5.69 Å². The highest BCUT2D eigenvalue weighted by Crippen LogP contribution is 2.24. The number of hydrogen-bond donors (Lipinski definition) is 2. The van der Waals surface area contributed by atoms with Crippen molar-refractivity contribution in [2.24, 2.45) is 0 Å². The van der Waals surface area contributed by atoms with Crippen molar-refractivity contribution in [3.8, 4) is 12.1 Å². The van der Waals surface area contributed by atoms with Gasteiger partial charge in [-0.2, -0.15) is 10.5 Å². The summed E-state index contributed by atoms with van der Waals surface area (Å²) in [4.78, 5) is 16.1. The number of rotatable bonds is 4. The van der Waals surface area contributed by atoms with Crippen LogP contribution in [0.25, 0.3) is 0 Å². The van der Waals surface area contributed by atoms with Gasteiger partial charge in [0.2, 0.25) is 5.91 Å². The van der Waals surface area contributed by atoms with Crippen molar-refractivity contribution < 1.29 is 4.79 Å². The lowest BCUT2D eigenvalue weighted by atomic mass is 10.1. The highest BCUT2D eigenvalue weighted by atomic mass is 32.2. The van der Waals surface area contributed by atoms with Gasteiger partial charge in [0.25, 0.3) is 0 Å². The molecule has 0 saturated carbocycles. The first kappa shape index (κ1) is 17.3. The van der Waals surface area contributed by atoms with Gasteiger partial charge in [-0.15, -0.1) is 0 Å². The zero-order valence-electron chi connectivity index (χ0n) is 13.3. The summed E-state index contributed by atoms with van der Waals surface area (Å²) < 4.78 is 0. The normalized spacial score (nSPS) is 9.83. The van der Waals surface area contributed by atoms with Gasteiger partial charge in [-0.25, -0.2) is 4.98 Å². The van der Waals surface area contributed by atoms with Gasteiger partial charge in [0.15, 0.2) is 0 Å². The number of pyridine rings is 1. The summed E-state index contributed by atoms with van der Waals surface area (Å²) in [7, 11) is 0. The molecule has 0 aliphatic heterocycles. The number of thioether (sulfide) groups is 1. The third-order valence-corrected chi connectivity index (χ3v) is 4.09. The average Bonchev–Trinajstić information content (AvgIpc) is 2.52. The Bertz CT molecular complexity index is 860. The first-order valence-corrected chi connectivity index (χ1v) is 8.03. The SMILES string of the molecule is Cc1cc(C)cc(NC(=O)CSc2nc(N)c(C#N)cc2C#N)c1. The van der Waals surface area contributed by atoms with Crippen LogP contribution in [-0.4, -0.2) is 16.6 Å². The molecule has 0 aliphatic rings. The molecule has 24 heavy (non-hydrogen) atoms. The van der Waals surface area contributed by atoms with Crippen LogP contribution in [0.4, 0.5) is 11.5 Å². The van der Waals surface area contributed by atoms with Gasteiger partial charge in [-0.05, 0) is 43.2 Å². The van der Waals surface area contributed by atoms with Crippen LogP contribution < -0.4 is 11.1 Å². The molecule has 1 amide bonds. The second kappa shape index (κ2) is 7.49. The van der Waals surface area contributed by atoms with E-state index in [0.29, 0.717) is 5.03 Å². The molecule has 1 heterocycles.